The van der Waals surface area contributed by atoms with Crippen molar-refractivity contribution in [1.29, 1.82) is 0 Å². The topological polar surface area (TPSA) is 61.4 Å². The first-order valence-corrected chi connectivity index (χ1v) is 9.17. The number of hydrogen-bond donors (Lipinski definition) is 2. The molecule has 4 rings (SSSR count). The Morgan fingerprint density at radius 3 is 2.48 bits per heavy atom. The predicted molar refractivity (Wildman–Crippen MR) is 99.0 cm³/mol. The first-order chi connectivity index (χ1) is 12.1. The standard InChI is InChI=1S/C19H18BrN3O2/c20-14-9-7-13(8-10-14)17(24)22-23-18(25)15-5-1-2-6-16(15)21-19(23)11-3-4-12-19/h1-2,5-10,21H,3-4,11-12H2,(H,22,24). The van der Waals surface area contributed by atoms with Crippen LogP contribution in [0.3, 0.4) is 0 Å². The van der Waals surface area contributed by atoms with Gasteiger partial charge in [0.15, 0.2) is 0 Å². The van der Waals surface area contributed by atoms with E-state index < -0.39 is 5.66 Å². The highest BCUT2D eigenvalue weighted by Crippen LogP contribution is 2.40. The van der Waals surface area contributed by atoms with Crippen LogP contribution in [0, 0.1) is 0 Å². The van der Waals surface area contributed by atoms with Crippen molar-refractivity contribution < 1.29 is 9.59 Å². The van der Waals surface area contributed by atoms with Crippen LogP contribution in [0.15, 0.2) is 53.0 Å². The van der Waals surface area contributed by atoms with Crippen molar-refractivity contribution in [3.8, 4) is 0 Å². The van der Waals surface area contributed by atoms with Crippen LogP contribution in [-0.4, -0.2) is 22.5 Å². The molecule has 0 unspecified atom stereocenters. The molecule has 0 saturated heterocycles. The molecule has 2 aromatic rings. The number of benzene rings is 2. The van der Waals surface area contributed by atoms with Crippen molar-refractivity contribution in [3.05, 3.63) is 64.1 Å². The van der Waals surface area contributed by atoms with Gasteiger partial charge in [0.2, 0.25) is 0 Å². The van der Waals surface area contributed by atoms with Gasteiger partial charge < -0.3 is 5.32 Å². The van der Waals surface area contributed by atoms with E-state index in [1.807, 2.05) is 30.3 Å². The van der Waals surface area contributed by atoms with Gasteiger partial charge in [-0.25, -0.2) is 5.01 Å². The number of rotatable bonds is 2. The van der Waals surface area contributed by atoms with Crippen molar-refractivity contribution in [2.45, 2.75) is 31.3 Å². The number of nitrogens with zero attached hydrogens (tertiary/aromatic N) is 1. The van der Waals surface area contributed by atoms with Crippen LogP contribution < -0.4 is 10.7 Å². The summed E-state index contributed by atoms with van der Waals surface area (Å²) in [4.78, 5) is 25.7. The Bertz CT molecular complexity index is 829. The largest absolute Gasteiger partial charge is 0.361 e. The number of para-hydroxylation sites is 1. The Morgan fingerprint density at radius 1 is 1.08 bits per heavy atom. The van der Waals surface area contributed by atoms with Gasteiger partial charge in [-0.1, -0.05) is 28.1 Å². The molecule has 2 amide bonds. The summed E-state index contributed by atoms with van der Waals surface area (Å²) < 4.78 is 0.904. The van der Waals surface area contributed by atoms with Gasteiger partial charge in [-0.3, -0.25) is 15.0 Å². The van der Waals surface area contributed by atoms with Crippen molar-refractivity contribution in [1.82, 2.24) is 10.4 Å². The van der Waals surface area contributed by atoms with Crippen molar-refractivity contribution >= 4 is 33.4 Å². The lowest BCUT2D eigenvalue weighted by molar-refractivity contribution is 0.0287. The summed E-state index contributed by atoms with van der Waals surface area (Å²) in [5.41, 5.74) is 4.23. The molecule has 0 bridgehead atoms. The second kappa shape index (κ2) is 6.19. The molecule has 5 nitrogen and oxygen atoms in total. The van der Waals surface area contributed by atoms with Gasteiger partial charge in [0.05, 0.1) is 5.56 Å². The first kappa shape index (κ1) is 16.1. The molecule has 0 aromatic heterocycles. The third kappa shape index (κ3) is 2.80. The fourth-order valence-corrected chi connectivity index (χ4v) is 3.90. The average molecular weight is 400 g/mol. The summed E-state index contributed by atoms with van der Waals surface area (Å²) in [7, 11) is 0. The van der Waals surface area contributed by atoms with Crippen molar-refractivity contribution in [3.63, 3.8) is 0 Å². The molecule has 25 heavy (non-hydrogen) atoms. The Kier molecular flexibility index (Phi) is 4.00. The van der Waals surface area contributed by atoms with E-state index in [9.17, 15) is 9.59 Å². The molecule has 1 fully saturated rings. The van der Waals surface area contributed by atoms with Crippen LogP contribution in [0.4, 0.5) is 5.69 Å². The summed E-state index contributed by atoms with van der Waals surface area (Å²) in [5, 5.41) is 5.01. The zero-order chi connectivity index (χ0) is 17.4. The molecule has 2 aromatic carbocycles. The second-order valence-electron chi connectivity index (χ2n) is 6.50. The number of amides is 2. The number of halogens is 1. The highest BCUT2D eigenvalue weighted by atomic mass is 79.9. The average Bonchev–Trinajstić information content (AvgIpc) is 3.08. The molecule has 2 aliphatic rings. The molecule has 1 aliphatic carbocycles. The summed E-state index contributed by atoms with van der Waals surface area (Å²) in [6.07, 6.45) is 3.67. The second-order valence-corrected chi connectivity index (χ2v) is 7.41. The minimum absolute atomic E-state index is 0.165. The number of carbonyl (C=O) groups excluding carboxylic acids is 2. The van der Waals surface area contributed by atoms with E-state index >= 15 is 0 Å². The van der Waals surface area contributed by atoms with Gasteiger partial charge in [-0.2, -0.15) is 0 Å². The Balaban J connectivity index is 1.67. The van der Waals surface area contributed by atoms with Crippen LogP contribution in [0.25, 0.3) is 0 Å². The smallest absolute Gasteiger partial charge is 0.276 e. The maximum atomic E-state index is 13.1. The molecule has 1 aliphatic heterocycles. The molecule has 6 heteroatoms. The van der Waals surface area contributed by atoms with Gasteiger partial charge in [0.25, 0.3) is 11.8 Å². The van der Waals surface area contributed by atoms with Crippen LogP contribution in [0.5, 0.6) is 0 Å². The zero-order valence-electron chi connectivity index (χ0n) is 13.6. The van der Waals surface area contributed by atoms with E-state index in [1.54, 1.807) is 18.2 Å². The molecular weight excluding hydrogens is 382 g/mol. The fraction of sp³-hybridized carbons (Fsp3) is 0.263. The summed E-state index contributed by atoms with van der Waals surface area (Å²) in [6.45, 7) is 0. The molecular formula is C19H18BrN3O2. The van der Waals surface area contributed by atoms with E-state index in [1.165, 1.54) is 5.01 Å². The van der Waals surface area contributed by atoms with E-state index in [-0.39, 0.29) is 11.8 Å². The van der Waals surface area contributed by atoms with Crippen molar-refractivity contribution in [2.24, 2.45) is 0 Å². The quantitative estimate of drug-likeness (QED) is 0.803. The molecule has 1 heterocycles. The summed E-state index contributed by atoms with van der Waals surface area (Å²) in [6, 6.07) is 14.5. The van der Waals surface area contributed by atoms with Crippen LogP contribution in [0.1, 0.15) is 46.4 Å². The number of nitrogens with one attached hydrogen (secondary N) is 2. The summed E-state index contributed by atoms with van der Waals surface area (Å²) >= 11 is 3.36. The van der Waals surface area contributed by atoms with E-state index in [4.69, 9.17) is 0 Å². The summed E-state index contributed by atoms with van der Waals surface area (Å²) in [5.74, 6) is -0.449. The molecule has 1 saturated carbocycles. The minimum atomic E-state index is -0.545. The van der Waals surface area contributed by atoms with Crippen molar-refractivity contribution in [2.75, 3.05) is 5.32 Å². The number of anilines is 1. The van der Waals surface area contributed by atoms with Gasteiger partial charge in [0.1, 0.15) is 5.66 Å². The van der Waals surface area contributed by atoms with Gasteiger partial charge in [-0.05, 0) is 62.1 Å². The van der Waals surface area contributed by atoms with Crippen LogP contribution >= 0.6 is 15.9 Å². The third-order valence-corrected chi connectivity index (χ3v) is 5.44. The fourth-order valence-electron chi connectivity index (χ4n) is 3.63. The maximum absolute atomic E-state index is 13.1. The lowest BCUT2D eigenvalue weighted by atomic mass is 9.99. The third-order valence-electron chi connectivity index (χ3n) is 4.91. The molecule has 0 radical (unpaired) electrons. The van der Waals surface area contributed by atoms with Gasteiger partial charge in [0, 0.05) is 15.7 Å². The Hall–Kier alpha value is -2.34. The first-order valence-electron chi connectivity index (χ1n) is 8.37. The predicted octanol–water partition coefficient (Wildman–Crippen LogP) is 3.93. The number of hydrazine groups is 1. The molecule has 2 N–H and O–H groups in total. The molecule has 128 valence electrons. The normalized spacial score (nSPS) is 18.0. The van der Waals surface area contributed by atoms with Gasteiger partial charge in [-0.15, -0.1) is 0 Å². The molecule has 1 spiro atoms. The number of fused-ring (bicyclic) bond motifs is 1. The van der Waals surface area contributed by atoms with Gasteiger partial charge >= 0.3 is 0 Å². The van der Waals surface area contributed by atoms with Crippen LogP contribution in [0.2, 0.25) is 0 Å². The highest BCUT2D eigenvalue weighted by molar-refractivity contribution is 9.10. The lowest BCUT2D eigenvalue weighted by Gasteiger charge is -2.45. The van der Waals surface area contributed by atoms with E-state index in [0.717, 1.165) is 35.8 Å². The monoisotopic (exact) mass is 399 g/mol. The van der Waals surface area contributed by atoms with Crippen LogP contribution in [-0.2, 0) is 0 Å². The number of hydrogen-bond acceptors (Lipinski definition) is 3. The maximum Gasteiger partial charge on any atom is 0.276 e. The SMILES string of the molecule is O=C(NN1C(=O)c2ccccc2NC12CCCC2)c1ccc(Br)cc1. The van der Waals surface area contributed by atoms with E-state index in [2.05, 4.69) is 26.7 Å². The minimum Gasteiger partial charge on any atom is -0.361 e. The Labute approximate surface area is 154 Å². The zero-order valence-corrected chi connectivity index (χ0v) is 15.2. The lowest BCUT2D eigenvalue weighted by Crippen LogP contribution is -2.64. The highest BCUT2D eigenvalue weighted by Gasteiger charge is 2.47. The number of carbonyl (C=O) groups is 2. The molecule has 0 atom stereocenters. The Morgan fingerprint density at radius 2 is 1.76 bits per heavy atom. The van der Waals surface area contributed by atoms with E-state index in [0.29, 0.717) is 11.1 Å².